The quantitative estimate of drug-likeness (QED) is 0.0211. The van der Waals surface area contributed by atoms with E-state index in [0.29, 0.717) is 17.4 Å². The molecule has 0 aliphatic carbocycles. The molecular weight excluding hydrogens is 1330 g/mol. The van der Waals surface area contributed by atoms with Gasteiger partial charge in [0, 0.05) is 12.8 Å². The molecule has 9 nitrogen and oxygen atoms in total. The van der Waals surface area contributed by atoms with Gasteiger partial charge in [-0.3, -0.25) is 18.6 Å². The summed E-state index contributed by atoms with van der Waals surface area (Å²) < 4.78 is 34.8. The number of likely N-dealkylation sites (N-methyl/N-ethyl adjacent to an activating group) is 1. The molecule has 0 aromatic carbocycles. The molecule has 0 rings (SSSR count). The molecule has 0 amide bonds. The van der Waals surface area contributed by atoms with Crippen LogP contribution < -0.4 is 0 Å². The van der Waals surface area contributed by atoms with Gasteiger partial charge in [-0.05, 0) is 103 Å². The third kappa shape index (κ3) is 88.8. The van der Waals surface area contributed by atoms with Crippen molar-refractivity contribution >= 4 is 19.8 Å². The third-order valence-corrected chi connectivity index (χ3v) is 20.4. The first-order chi connectivity index (χ1) is 52.0. The first-order valence-corrected chi connectivity index (χ1v) is 46.1. The SMILES string of the molecule is CC/C=C\C/C=C\C/C=C\C/C=C\C/C=C\C/C=C\C/C=C\C/C=C\C/C=C\C/C=C\C/C=C\C/C=C\CCCCCCC(=O)OC(COC(=O)CCCCCCCCCCCCCCCCCCCCCCCCCCCCCCCCCCCCCCCCCCC)COP(=O)(O)OCC[N+](C)(C)C. The zero-order valence-electron chi connectivity index (χ0n) is 69.9. The average molecular weight is 1500 g/mol. The number of carbonyl (C=O) groups is 2. The van der Waals surface area contributed by atoms with E-state index in [1.807, 2.05) is 21.1 Å². The van der Waals surface area contributed by atoms with Gasteiger partial charge in [0.05, 0.1) is 27.7 Å². The van der Waals surface area contributed by atoms with Gasteiger partial charge in [-0.1, -0.05) is 429 Å². The number of phosphoric acid groups is 1. The Labute approximate surface area is 656 Å². The fourth-order valence-electron chi connectivity index (χ4n) is 12.7. The van der Waals surface area contributed by atoms with Crippen molar-refractivity contribution in [3.05, 3.63) is 146 Å². The normalized spacial score (nSPS) is 13.7. The molecule has 0 saturated carbocycles. The number of allylic oxidation sites excluding steroid dienone is 24. The summed E-state index contributed by atoms with van der Waals surface area (Å²) in [5, 5.41) is 0. The lowest BCUT2D eigenvalue weighted by atomic mass is 10.0. The van der Waals surface area contributed by atoms with Crippen LogP contribution >= 0.6 is 7.82 Å². The van der Waals surface area contributed by atoms with Gasteiger partial charge in [-0.15, -0.1) is 0 Å². The lowest BCUT2D eigenvalue weighted by Crippen LogP contribution is -2.37. The molecule has 0 radical (unpaired) electrons. The molecule has 0 aromatic heterocycles. The maximum absolute atomic E-state index is 12.9. The van der Waals surface area contributed by atoms with E-state index in [2.05, 4.69) is 160 Å². The number of nitrogens with zero attached hydrogens (tertiary/aromatic N) is 1. The molecule has 10 heteroatoms. The van der Waals surface area contributed by atoms with Gasteiger partial charge >= 0.3 is 19.8 Å². The van der Waals surface area contributed by atoms with E-state index in [0.717, 1.165) is 122 Å². The Morgan fingerprint density at radius 2 is 0.538 bits per heavy atom. The van der Waals surface area contributed by atoms with Crippen molar-refractivity contribution in [2.75, 3.05) is 47.5 Å². The molecule has 610 valence electrons. The lowest BCUT2D eigenvalue weighted by molar-refractivity contribution is -0.870. The second-order valence-corrected chi connectivity index (χ2v) is 32.4. The van der Waals surface area contributed by atoms with Crippen LogP contribution in [0.15, 0.2) is 146 Å². The number of quaternary nitrogens is 1. The van der Waals surface area contributed by atoms with Crippen LogP contribution in [0.25, 0.3) is 0 Å². The standard InChI is InChI=1S/C96H168NO8P/c1-6-8-10-12-14-16-18-20-22-24-26-28-30-32-34-36-38-40-42-44-46-48-50-52-54-56-58-60-62-64-66-68-70-72-74-76-78-80-82-84-86-88-95(98)102-92-94(93-104-106(100,101)103-91-90-97(3,4)5)105-96(99)89-87-85-83-81-79-77-75-73-71-69-67-65-63-61-59-57-55-53-51-49-47-45-43-41-39-37-35-33-31-29-27-25-23-21-19-17-15-13-11-9-7-2/h9,11,15,17,21,23,27,29,33,35,39,41,45,47,51,53,57,59,63,65,69,71,75,77,94H,6-8,10,12-14,16,18-20,22,24-26,28,30-32,34,36-38,40,42-44,46,48-50,52,54-56,58,60-62,64,66-68,70,72-74,76,78-93H2,1-5H3/p+1/b11-9-,17-15-,23-21-,29-27-,35-33-,41-39-,47-45-,53-51-,59-57-,65-63-,71-69-,77-75-. The summed E-state index contributed by atoms with van der Waals surface area (Å²) in [4.78, 5) is 36.0. The van der Waals surface area contributed by atoms with Crippen LogP contribution in [0.5, 0.6) is 0 Å². The zero-order valence-corrected chi connectivity index (χ0v) is 70.8. The molecule has 2 unspecified atom stereocenters. The molecule has 2 atom stereocenters. The maximum Gasteiger partial charge on any atom is 0.472 e. The average Bonchev–Trinajstić information content (AvgIpc) is 0.908. The van der Waals surface area contributed by atoms with E-state index in [4.69, 9.17) is 18.5 Å². The lowest BCUT2D eigenvalue weighted by Gasteiger charge is -2.24. The van der Waals surface area contributed by atoms with Gasteiger partial charge in [0.25, 0.3) is 0 Å². The van der Waals surface area contributed by atoms with Gasteiger partial charge in [0.15, 0.2) is 6.10 Å². The Hall–Kier alpha value is -4.11. The highest BCUT2D eigenvalue weighted by Crippen LogP contribution is 2.43. The summed E-state index contributed by atoms with van der Waals surface area (Å²) in [6, 6.07) is 0. The molecular formula is C96H169NO8P+. The van der Waals surface area contributed by atoms with Crippen LogP contribution in [0.1, 0.15) is 399 Å². The van der Waals surface area contributed by atoms with Crippen LogP contribution in [0.3, 0.4) is 0 Å². The Bertz CT molecular complexity index is 2310. The molecule has 0 aromatic rings. The monoisotopic (exact) mass is 1500 g/mol. The fourth-order valence-corrected chi connectivity index (χ4v) is 13.4. The van der Waals surface area contributed by atoms with Crippen LogP contribution in [-0.2, 0) is 32.7 Å². The van der Waals surface area contributed by atoms with Crippen molar-refractivity contribution in [2.45, 2.75) is 405 Å². The molecule has 0 saturated heterocycles. The van der Waals surface area contributed by atoms with Gasteiger partial charge < -0.3 is 18.9 Å². The summed E-state index contributed by atoms with van der Waals surface area (Å²) >= 11 is 0. The van der Waals surface area contributed by atoms with Crippen LogP contribution in [0, 0.1) is 0 Å². The minimum Gasteiger partial charge on any atom is -0.462 e. The van der Waals surface area contributed by atoms with Crippen molar-refractivity contribution in [3.63, 3.8) is 0 Å². The summed E-state index contributed by atoms with van der Waals surface area (Å²) in [7, 11) is 1.46. The second kappa shape index (κ2) is 84.9. The van der Waals surface area contributed by atoms with Crippen molar-refractivity contribution < 1.29 is 42.1 Å². The first kappa shape index (κ1) is 102. The van der Waals surface area contributed by atoms with Gasteiger partial charge in [0.1, 0.15) is 19.8 Å². The predicted octanol–water partition coefficient (Wildman–Crippen LogP) is 30.4. The highest BCUT2D eigenvalue weighted by atomic mass is 31.2. The molecule has 0 aliphatic heterocycles. The number of unbranched alkanes of at least 4 members (excludes halogenated alkanes) is 44. The Morgan fingerprint density at radius 3 is 0.802 bits per heavy atom. The number of ether oxygens (including phenoxy) is 2. The highest BCUT2D eigenvalue weighted by molar-refractivity contribution is 7.47. The van der Waals surface area contributed by atoms with E-state index >= 15 is 0 Å². The van der Waals surface area contributed by atoms with Crippen LogP contribution in [-0.4, -0.2) is 74.9 Å². The van der Waals surface area contributed by atoms with E-state index < -0.39 is 26.5 Å². The number of hydrogen-bond donors (Lipinski definition) is 1. The summed E-state index contributed by atoms with van der Waals surface area (Å²) in [5.41, 5.74) is 0. The molecule has 0 spiro atoms. The topological polar surface area (TPSA) is 108 Å². The summed E-state index contributed by atoms with van der Waals surface area (Å²) in [6.45, 7) is 4.33. The number of rotatable bonds is 82. The largest absolute Gasteiger partial charge is 0.472 e. The van der Waals surface area contributed by atoms with E-state index in [1.54, 1.807) is 0 Å². The van der Waals surface area contributed by atoms with Gasteiger partial charge in [-0.2, -0.15) is 0 Å². The Balaban J connectivity index is 3.99. The predicted molar refractivity (Wildman–Crippen MR) is 464 cm³/mol. The summed E-state index contributed by atoms with van der Waals surface area (Å²) in [5.74, 6) is -0.821. The van der Waals surface area contributed by atoms with Gasteiger partial charge in [0.2, 0.25) is 0 Å². The molecule has 0 bridgehead atoms. The van der Waals surface area contributed by atoms with E-state index in [-0.39, 0.29) is 32.0 Å². The minimum absolute atomic E-state index is 0.0209. The second-order valence-electron chi connectivity index (χ2n) is 30.9. The van der Waals surface area contributed by atoms with Crippen LogP contribution in [0.2, 0.25) is 0 Å². The van der Waals surface area contributed by atoms with Crippen LogP contribution in [0.4, 0.5) is 0 Å². The van der Waals surface area contributed by atoms with E-state index in [1.165, 1.54) is 244 Å². The minimum atomic E-state index is -4.41. The molecule has 0 heterocycles. The number of esters is 2. The number of hydrogen-bond acceptors (Lipinski definition) is 7. The smallest absolute Gasteiger partial charge is 0.462 e. The first-order valence-electron chi connectivity index (χ1n) is 44.6. The number of carbonyl (C=O) groups excluding carboxylic acids is 2. The third-order valence-electron chi connectivity index (χ3n) is 19.4. The Morgan fingerprint density at radius 1 is 0.302 bits per heavy atom. The van der Waals surface area contributed by atoms with Crippen molar-refractivity contribution in [3.8, 4) is 0 Å². The fraction of sp³-hybridized carbons (Fsp3) is 0.729. The highest BCUT2D eigenvalue weighted by Gasteiger charge is 2.27. The molecule has 0 fully saturated rings. The molecule has 106 heavy (non-hydrogen) atoms. The van der Waals surface area contributed by atoms with Crippen molar-refractivity contribution in [1.82, 2.24) is 0 Å². The Kier molecular flexibility index (Phi) is 81.6. The zero-order chi connectivity index (χ0) is 76.8. The van der Waals surface area contributed by atoms with Crippen molar-refractivity contribution in [1.29, 1.82) is 0 Å². The van der Waals surface area contributed by atoms with E-state index in [9.17, 15) is 19.0 Å². The number of phosphoric ester groups is 1. The van der Waals surface area contributed by atoms with Crippen molar-refractivity contribution in [2.24, 2.45) is 0 Å². The maximum atomic E-state index is 12.9. The molecule has 1 N–H and O–H groups in total. The summed E-state index contributed by atoms with van der Waals surface area (Å²) in [6.07, 6.45) is 126. The van der Waals surface area contributed by atoms with Gasteiger partial charge in [-0.25, -0.2) is 4.57 Å². The molecule has 0 aliphatic rings.